The predicted octanol–water partition coefficient (Wildman–Crippen LogP) is 3.45. The fourth-order valence-electron chi connectivity index (χ4n) is 4.53. The molecule has 2 aliphatic heterocycles. The summed E-state index contributed by atoms with van der Waals surface area (Å²) in [6, 6.07) is 7.23. The van der Waals surface area contributed by atoms with Crippen LogP contribution in [0.15, 0.2) is 38.7 Å². The molecule has 2 amide bonds. The maximum atomic E-state index is 13.4. The first kappa shape index (κ1) is 25.1. The number of guanidine groups is 1. The molecule has 2 N–H and O–H groups in total. The normalized spacial score (nSPS) is 19.9. The molecule has 0 spiro atoms. The lowest BCUT2D eigenvalue weighted by atomic mass is 10.1. The van der Waals surface area contributed by atoms with Gasteiger partial charge in [0.15, 0.2) is 5.17 Å². The van der Waals surface area contributed by atoms with Crippen molar-refractivity contribution in [3.63, 3.8) is 0 Å². The quantitative estimate of drug-likeness (QED) is 0.495. The molecule has 0 radical (unpaired) electrons. The molecular weight excluding hydrogens is 464 g/mol. The van der Waals surface area contributed by atoms with Crippen molar-refractivity contribution in [1.82, 2.24) is 15.1 Å². The van der Waals surface area contributed by atoms with Gasteiger partial charge in [0.1, 0.15) is 17.4 Å². The molecule has 2 saturated heterocycles. The van der Waals surface area contributed by atoms with Crippen LogP contribution in [-0.4, -0.2) is 78.3 Å². The minimum absolute atomic E-state index is 0.0310. The highest BCUT2D eigenvalue weighted by molar-refractivity contribution is 8.13. The second-order valence-electron chi connectivity index (χ2n) is 8.93. The largest absolute Gasteiger partial charge is 0.461 e. The van der Waals surface area contributed by atoms with Crippen LogP contribution in [0.4, 0.5) is 5.69 Å². The fourth-order valence-corrected chi connectivity index (χ4v) is 4.91. The number of likely N-dealkylation sites (tertiary alicyclic amines) is 2. The first-order valence-corrected chi connectivity index (χ1v) is 13.4. The molecule has 2 aliphatic rings. The maximum absolute atomic E-state index is 13.4. The molecule has 2 aromatic rings. The average molecular weight is 499 g/mol. The van der Waals surface area contributed by atoms with E-state index in [4.69, 9.17) is 9.41 Å². The highest BCUT2D eigenvalue weighted by Crippen LogP contribution is 2.23. The third-order valence-electron chi connectivity index (χ3n) is 6.35. The van der Waals surface area contributed by atoms with Crippen LogP contribution in [0.1, 0.15) is 37.9 Å². The van der Waals surface area contributed by atoms with Crippen LogP contribution < -0.4 is 10.6 Å². The summed E-state index contributed by atoms with van der Waals surface area (Å²) in [7, 11) is 1.71. The number of nitrogens with one attached hydrogen (secondary N) is 2. The van der Waals surface area contributed by atoms with Gasteiger partial charge in [0.05, 0.1) is 6.54 Å². The van der Waals surface area contributed by atoms with Gasteiger partial charge in [-0.05, 0) is 69.5 Å². The Kier molecular flexibility index (Phi) is 8.33. The number of hydrogen-bond acceptors (Lipinski definition) is 6. The Labute approximate surface area is 210 Å². The first-order chi connectivity index (χ1) is 17.0. The molecule has 188 valence electrons. The second kappa shape index (κ2) is 11.6. The first-order valence-electron chi connectivity index (χ1n) is 12.2. The molecule has 2 fully saturated rings. The SMILES string of the molecule is CN=C(NC(=NC1CCCCN(CC(=O)N2CCCC2)C1=O)Nc1ccc2oc(C)cc2c1)SC. The molecule has 3 heterocycles. The number of amides is 2. The number of anilines is 1. The van der Waals surface area contributed by atoms with Crippen LogP contribution in [0.5, 0.6) is 0 Å². The lowest BCUT2D eigenvalue weighted by molar-refractivity contribution is -0.140. The van der Waals surface area contributed by atoms with Gasteiger partial charge in [-0.15, -0.1) is 0 Å². The van der Waals surface area contributed by atoms with E-state index in [1.807, 2.05) is 42.3 Å². The second-order valence-corrected chi connectivity index (χ2v) is 9.72. The van der Waals surface area contributed by atoms with E-state index in [0.717, 1.165) is 61.2 Å². The third-order valence-corrected chi connectivity index (χ3v) is 7.02. The van der Waals surface area contributed by atoms with Gasteiger partial charge in [-0.1, -0.05) is 11.8 Å². The number of carbonyl (C=O) groups is 2. The molecule has 1 aromatic carbocycles. The molecule has 9 nitrogen and oxygen atoms in total. The Balaban J connectivity index is 1.55. The third kappa shape index (κ3) is 6.36. The Morgan fingerprint density at radius 3 is 2.69 bits per heavy atom. The van der Waals surface area contributed by atoms with Gasteiger partial charge in [-0.3, -0.25) is 14.6 Å². The van der Waals surface area contributed by atoms with Crippen LogP contribution in [0, 0.1) is 6.92 Å². The minimum atomic E-state index is -0.571. The molecular formula is C25H34N6O3S. The zero-order valence-electron chi connectivity index (χ0n) is 20.7. The summed E-state index contributed by atoms with van der Waals surface area (Å²) < 4.78 is 5.68. The van der Waals surface area contributed by atoms with E-state index in [0.29, 0.717) is 24.1 Å². The average Bonchev–Trinajstić information content (AvgIpc) is 3.48. The molecule has 4 rings (SSSR count). The van der Waals surface area contributed by atoms with Crippen LogP contribution in [0.2, 0.25) is 0 Å². The molecule has 0 bridgehead atoms. The Hall–Kier alpha value is -3.01. The van der Waals surface area contributed by atoms with Crippen molar-refractivity contribution >= 4 is 51.4 Å². The minimum Gasteiger partial charge on any atom is -0.461 e. The summed E-state index contributed by atoms with van der Waals surface area (Å²) in [5.41, 5.74) is 1.64. The number of benzene rings is 1. The number of aryl methyl sites for hydroxylation is 1. The number of fused-ring (bicyclic) bond motifs is 1. The van der Waals surface area contributed by atoms with E-state index in [-0.39, 0.29) is 18.4 Å². The van der Waals surface area contributed by atoms with E-state index < -0.39 is 6.04 Å². The van der Waals surface area contributed by atoms with Crippen molar-refractivity contribution in [1.29, 1.82) is 0 Å². The zero-order valence-corrected chi connectivity index (χ0v) is 21.5. The zero-order chi connectivity index (χ0) is 24.8. The smallest absolute Gasteiger partial charge is 0.247 e. The number of hydrogen-bond donors (Lipinski definition) is 2. The fraction of sp³-hybridized carbons (Fsp3) is 0.520. The van der Waals surface area contributed by atoms with Gasteiger partial charge in [0.2, 0.25) is 17.8 Å². The molecule has 10 heteroatoms. The number of carbonyl (C=O) groups excluding carboxylic acids is 2. The molecule has 0 saturated carbocycles. The van der Waals surface area contributed by atoms with Gasteiger partial charge in [0, 0.05) is 37.8 Å². The number of aliphatic imine (C=N–C) groups is 2. The van der Waals surface area contributed by atoms with Crippen molar-refractivity contribution in [3.05, 3.63) is 30.0 Å². The summed E-state index contributed by atoms with van der Waals surface area (Å²) >= 11 is 1.46. The van der Waals surface area contributed by atoms with Gasteiger partial charge >= 0.3 is 0 Å². The van der Waals surface area contributed by atoms with Crippen molar-refractivity contribution in [2.75, 3.05) is 44.8 Å². The van der Waals surface area contributed by atoms with Crippen LogP contribution in [0.25, 0.3) is 11.0 Å². The van der Waals surface area contributed by atoms with Crippen LogP contribution in [-0.2, 0) is 9.59 Å². The Morgan fingerprint density at radius 1 is 1.17 bits per heavy atom. The van der Waals surface area contributed by atoms with Crippen molar-refractivity contribution < 1.29 is 14.0 Å². The van der Waals surface area contributed by atoms with E-state index in [9.17, 15) is 9.59 Å². The molecule has 35 heavy (non-hydrogen) atoms. The number of rotatable bonds is 4. The number of furan rings is 1. The lowest BCUT2D eigenvalue weighted by Gasteiger charge is -2.25. The van der Waals surface area contributed by atoms with Crippen molar-refractivity contribution in [2.45, 2.75) is 45.1 Å². The summed E-state index contributed by atoms with van der Waals surface area (Å²) in [6.07, 6.45) is 6.37. The van der Waals surface area contributed by atoms with Crippen molar-refractivity contribution in [3.8, 4) is 0 Å². The molecule has 1 aromatic heterocycles. The summed E-state index contributed by atoms with van der Waals surface area (Å²) in [5, 5.41) is 8.22. The van der Waals surface area contributed by atoms with E-state index in [2.05, 4.69) is 15.6 Å². The van der Waals surface area contributed by atoms with Crippen LogP contribution >= 0.6 is 11.8 Å². The van der Waals surface area contributed by atoms with Gasteiger partial charge in [-0.2, -0.15) is 0 Å². The summed E-state index contributed by atoms with van der Waals surface area (Å²) in [4.78, 5) is 38.8. The monoisotopic (exact) mass is 498 g/mol. The Bertz CT molecular complexity index is 1120. The number of nitrogens with zero attached hydrogens (tertiary/aromatic N) is 4. The topological polar surface area (TPSA) is 103 Å². The highest BCUT2D eigenvalue weighted by atomic mass is 32.2. The summed E-state index contributed by atoms with van der Waals surface area (Å²) in [5.74, 6) is 1.23. The highest BCUT2D eigenvalue weighted by Gasteiger charge is 2.30. The summed E-state index contributed by atoms with van der Waals surface area (Å²) in [6.45, 7) is 4.21. The van der Waals surface area contributed by atoms with Crippen molar-refractivity contribution in [2.24, 2.45) is 9.98 Å². The Morgan fingerprint density at radius 2 is 1.94 bits per heavy atom. The van der Waals surface area contributed by atoms with E-state index in [1.54, 1.807) is 11.9 Å². The van der Waals surface area contributed by atoms with Gasteiger partial charge in [0.25, 0.3) is 0 Å². The lowest BCUT2D eigenvalue weighted by Crippen LogP contribution is -2.45. The van der Waals surface area contributed by atoms with Gasteiger partial charge in [-0.25, -0.2) is 4.99 Å². The predicted molar refractivity (Wildman–Crippen MR) is 142 cm³/mol. The number of thioether (sulfide) groups is 1. The number of amidine groups is 1. The molecule has 1 unspecified atom stereocenters. The molecule has 1 atom stereocenters. The van der Waals surface area contributed by atoms with Gasteiger partial charge < -0.3 is 24.9 Å². The molecule has 0 aliphatic carbocycles. The van der Waals surface area contributed by atoms with Crippen LogP contribution in [0.3, 0.4) is 0 Å². The van der Waals surface area contributed by atoms with E-state index in [1.165, 1.54) is 11.8 Å². The standard InChI is InChI=1S/C25H34N6O3S/c1-17-14-18-15-19(9-10-21(18)34-17)27-24(29-25(26-2)35-3)28-20-8-4-5-13-31(23(20)33)16-22(32)30-11-6-7-12-30/h9-10,14-15,20H,4-8,11-13,16H2,1-3H3,(H2,26,27,28,29). The van der Waals surface area contributed by atoms with E-state index >= 15 is 0 Å². The maximum Gasteiger partial charge on any atom is 0.247 e.